The monoisotopic (exact) mass is 728 g/mol. The van der Waals surface area contributed by atoms with Crippen molar-refractivity contribution in [1.82, 2.24) is 29.1 Å². The third-order valence-corrected chi connectivity index (χ3v) is 10.4. The molecule has 5 aromatic heterocycles. The minimum absolute atomic E-state index is 0.567. The van der Waals surface area contributed by atoms with Crippen LogP contribution in [0.1, 0.15) is 25.0 Å². The highest BCUT2D eigenvalue weighted by Gasteiger charge is 2.17. The lowest BCUT2D eigenvalue weighted by atomic mass is 10.1. The molecule has 0 N–H and O–H groups in total. The summed E-state index contributed by atoms with van der Waals surface area (Å²) in [4.78, 5) is 18.8. The average Bonchev–Trinajstić information content (AvgIpc) is 3.76. The Morgan fingerprint density at radius 1 is 0.429 bits per heavy atom. The van der Waals surface area contributed by atoms with Crippen LogP contribution in [0.3, 0.4) is 0 Å². The van der Waals surface area contributed by atoms with Crippen LogP contribution in [0.15, 0.2) is 158 Å². The molecule has 0 fully saturated rings. The van der Waals surface area contributed by atoms with E-state index in [0.717, 1.165) is 73.7 Å². The number of hydrogen-bond acceptors (Lipinski definition) is 6. The van der Waals surface area contributed by atoms with Crippen molar-refractivity contribution in [3.8, 4) is 46.0 Å². The smallest absolute Gasteiger partial charge is 0.159 e. The van der Waals surface area contributed by atoms with Gasteiger partial charge in [0.05, 0.1) is 22.1 Å². The first kappa shape index (κ1) is 33.3. The third kappa shape index (κ3) is 5.88. The Kier molecular flexibility index (Phi) is 8.21. The largest absolute Gasteiger partial charge is 0.457 e. The van der Waals surface area contributed by atoms with Gasteiger partial charge in [0.2, 0.25) is 0 Å². The molecule has 0 aliphatic carbocycles. The van der Waals surface area contributed by atoms with Gasteiger partial charge in [0.15, 0.2) is 5.82 Å². The summed E-state index contributed by atoms with van der Waals surface area (Å²) in [6, 6.07) is 45.3. The van der Waals surface area contributed by atoms with Crippen LogP contribution in [0.4, 0.5) is 0 Å². The van der Waals surface area contributed by atoms with Gasteiger partial charge in [-0.3, -0.25) is 9.13 Å². The van der Waals surface area contributed by atoms with Gasteiger partial charge in [-0.25, -0.2) is 19.9 Å². The molecule has 0 saturated carbocycles. The second-order valence-electron chi connectivity index (χ2n) is 13.8. The van der Waals surface area contributed by atoms with Crippen molar-refractivity contribution in [3.05, 3.63) is 169 Å². The summed E-state index contributed by atoms with van der Waals surface area (Å²) in [5, 5.41) is 4.54. The molecule has 10 aromatic rings. The van der Waals surface area contributed by atoms with E-state index >= 15 is 0 Å². The molecule has 0 unspecified atom stereocenters. The van der Waals surface area contributed by atoms with Gasteiger partial charge in [-0.1, -0.05) is 62.4 Å². The fourth-order valence-corrected chi connectivity index (χ4v) is 7.58. The summed E-state index contributed by atoms with van der Waals surface area (Å²) < 4.78 is 17.7. The third-order valence-electron chi connectivity index (χ3n) is 10.4. The minimum Gasteiger partial charge on any atom is -0.457 e. The van der Waals surface area contributed by atoms with Gasteiger partial charge in [0, 0.05) is 70.1 Å². The summed E-state index contributed by atoms with van der Waals surface area (Å²) in [5.74, 6) is 4.81. The molecule has 0 radical (unpaired) electrons. The van der Waals surface area contributed by atoms with Crippen LogP contribution in [0.2, 0.25) is 0 Å². The number of benzene rings is 5. The van der Waals surface area contributed by atoms with Crippen LogP contribution in [-0.2, 0) is 12.8 Å². The Bertz CT molecular complexity index is 2860. The van der Waals surface area contributed by atoms with Gasteiger partial charge in [-0.05, 0) is 90.7 Å². The van der Waals surface area contributed by atoms with Gasteiger partial charge in [0.1, 0.15) is 34.6 Å². The second-order valence-corrected chi connectivity index (χ2v) is 13.8. The van der Waals surface area contributed by atoms with Crippen molar-refractivity contribution in [2.75, 3.05) is 0 Å². The van der Waals surface area contributed by atoms with Crippen LogP contribution < -0.4 is 9.47 Å². The van der Waals surface area contributed by atoms with Gasteiger partial charge >= 0.3 is 0 Å². The van der Waals surface area contributed by atoms with Gasteiger partial charge in [-0.2, -0.15) is 0 Å². The number of ether oxygens (including phenoxy) is 2. The fraction of sp³-hybridized carbons (Fsp3) is 0.0833. The Labute approximate surface area is 323 Å². The van der Waals surface area contributed by atoms with E-state index in [1.165, 1.54) is 11.1 Å². The van der Waals surface area contributed by atoms with Crippen LogP contribution in [-0.4, -0.2) is 29.1 Å². The summed E-state index contributed by atoms with van der Waals surface area (Å²) in [7, 11) is 0. The van der Waals surface area contributed by atoms with E-state index in [1.54, 1.807) is 18.5 Å². The number of hydrogen-bond donors (Lipinski definition) is 0. The molecule has 0 bridgehead atoms. The lowest BCUT2D eigenvalue weighted by Crippen LogP contribution is -1.98. The zero-order chi connectivity index (χ0) is 37.6. The number of fused-ring (bicyclic) bond motifs is 6. The van der Waals surface area contributed by atoms with Gasteiger partial charge in [0.25, 0.3) is 0 Å². The normalized spacial score (nSPS) is 11.5. The van der Waals surface area contributed by atoms with E-state index < -0.39 is 0 Å². The molecule has 270 valence electrons. The molecule has 0 atom stereocenters. The number of pyridine rings is 2. The molecule has 0 saturated heterocycles. The summed E-state index contributed by atoms with van der Waals surface area (Å²) >= 11 is 0. The quantitative estimate of drug-likeness (QED) is 0.147. The van der Waals surface area contributed by atoms with Crippen LogP contribution in [0, 0.1) is 0 Å². The lowest BCUT2D eigenvalue weighted by molar-refractivity contribution is 0.461. The summed E-state index contributed by atoms with van der Waals surface area (Å²) in [5.41, 5.74) is 7.33. The summed E-state index contributed by atoms with van der Waals surface area (Å²) in [6.45, 7) is 4.28. The van der Waals surface area contributed by atoms with E-state index in [9.17, 15) is 0 Å². The first-order valence-corrected chi connectivity index (χ1v) is 18.9. The highest BCUT2D eigenvalue weighted by molar-refractivity contribution is 6.10. The molecule has 8 nitrogen and oxygen atoms in total. The standard InChI is InChI=1S/C48H36N6O2/c1-3-31-14-20-46(51-29-31)53-42-12-7-5-10-38(42)40-18-16-34(27-44(40)53)55-36-24-33(48-49-22-9-23-50-48)25-37(26-36)56-35-17-19-41-39-11-6-8-13-43(39)54(45(41)28-35)47-21-15-32(4-2)30-52-47/h5-30H,3-4H2,1-2H3. The van der Waals surface area contributed by atoms with E-state index in [2.05, 4.69) is 130 Å². The Morgan fingerprint density at radius 2 is 0.911 bits per heavy atom. The molecule has 8 heteroatoms. The molecule has 10 rings (SSSR count). The van der Waals surface area contributed by atoms with Gasteiger partial charge in [-0.15, -0.1) is 0 Å². The maximum atomic E-state index is 6.67. The number of aromatic nitrogens is 6. The molecule has 5 aromatic carbocycles. The Morgan fingerprint density at radius 3 is 1.38 bits per heavy atom. The zero-order valence-corrected chi connectivity index (χ0v) is 30.9. The number of aryl methyl sites for hydroxylation is 2. The maximum Gasteiger partial charge on any atom is 0.159 e. The molecule has 0 amide bonds. The Hall–Kier alpha value is -7.32. The molecular weight excluding hydrogens is 693 g/mol. The highest BCUT2D eigenvalue weighted by Crippen LogP contribution is 2.39. The number of para-hydroxylation sites is 2. The summed E-state index contributed by atoms with van der Waals surface area (Å²) in [6.07, 6.45) is 9.23. The van der Waals surface area contributed by atoms with E-state index in [0.29, 0.717) is 28.8 Å². The van der Waals surface area contributed by atoms with Crippen molar-refractivity contribution < 1.29 is 9.47 Å². The molecule has 5 heterocycles. The zero-order valence-electron chi connectivity index (χ0n) is 30.9. The Balaban J connectivity index is 1.06. The molecule has 56 heavy (non-hydrogen) atoms. The number of rotatable bonds is 9. The average molecular weight is 729 g/mol. The van der Waals surface area contributed by atoms with Crippen molar-refractivity contribution in [3.63, 3.8) is 0 Å². The first-order chi connectivity index (χ1) is 27.6. The predicted molar refractivity (Wildman–Crippen MR) is 224 cm³/mol. The first-order valence-electron chi connectivity index (χ1n) is 18.9. The predicted octanol–water partition coefficient (Wildman–Crippen LogP) is 11.8. The second kappa shape index (κ2) is 13.8. The maximum absolute atomic E-state index is 6.67. The van der Waals surface area contributed by atoms with Crippen molar-refractivity contribution in [2.24, 2.45) is 0 Å². The molecule has 0 aliphatic rings. The molecule has 0 aliphatic heterocycles. The van der Waals surface area contributed by atoms with E-state index in [-0.39, 0.29) is 0 Å². The SMILES string of the molecule is CCc1ccc(-n2c3ccccc3c3ccc(Oc4cc(Oc5ccc6c7ccccc7n(-c7ccc(CC)cn7)c6c5)cc(-c5ncccn5)c4)cc32)nc1. The van der Waals surface area contributed by atoms with Crippen LogP contribution in [0.5, 0.6) is 23.0 Å². The van der Waals surface area contributed by atoms with Gasteiger partial charge < -0.3 is 9.47 Å². The number of nitrogens with zero attached hydrogens (tertiary/aromatic N) is 6. The van der Waals surface area contributed by atoms with Crippen molar-refractivity contribution in [2.45, 2.75) is 26.7 Å². The van der Waals surface area contributed by atoms with Crippen molar-refractivity contribution >= 4 is 43.6 Å². The fourth-order valence-electron chi connectivity index (χ4n) is 7.58. The van der Waals surface area contributed by atoms with E-state index in [4.69, 9.17) is 19.4 Å². The molecule has 0 spiro atoms. The highest BCUT2D eigenvalue weighted by atomic mass is 16.5. The van der Waals surface area contributed by atoms with Crippen molar-refractivity contribution in [1.29, 1.82) is 0 Å². The van der Waals surface area contributed by atoms with Crippen LogP contribution in [0.25, 0.3) is 66.6 Å². The van der Waals surface area contributed by atoms with E-state index in [1.807, 2.05) is 42.7 Å². The lowest BCUT2D eigenvalue weighted by Gasteiger charge is -2.13. The topological polar surface area (TPSA) is 79.9 Å². The minimum atomic E-state index is 0.567. The van der Waals surface area contributed by atoms with Crippen LogP contribution >= 0.6 is 0 Å². The molecular formula is C48H36N6O2.